The van der Waals surface area contributed by atoms with Crippen LogP contribution in [0.1, 0.15) is 26.3 Å². The number of nitrogens with two attached hydrogens (primary N) is 1. The molecule has 2 N–H and O–H groups in total. The maximum atomic E-state index is 11.9. The van der Waals surface area contributed by atoms with E-state index in [4.69, 9.17) is 45.3 Å². The molecule has 0 saturated carbocycles. The van der Waals surface area contributed by atoms with Crippen molar-refractivity contribution < 1.29 is 9.53 Å². The van der Waals surface area contributed by atoms with Crippen molar-refractivity contribution in [2.75, 3.05) is 5.73 Å². The number of carbonyl (C=O) groups excluding carboxylic acids is 1. The number of benzene rings is 1. The topological polar surface area (TPSA) is 78.1 Å². The van der Waals surface area contributed by atoms with E-state index in [1.165, 1.54) is 12.2 Å². The number of rotatable bonds is 3. The van der Waals surface area contributed by atoms with Crippen LogP contribution in [0.15, 0.2) is 24.3 Å². The number of anilines is 1. The van der Waals surface area contributed by atoms with E-state index in [0.29, 0.717) is 26.9 Å². The summed E-state index contributed by atoms with van der Waals surface area (Å²) in [5.41, 5.74) is 6.43. The van der Waals surface area contributed by atoms with Gasteiger partial charge < -0.3 is 10.5 Å². The van der Waals surface area contributed by atoms with Crippen molar-refractivity contribution in [3.63, 3.8) is 0 Å². The van der Waals surface area contributed by atoms with E-state index in [0.717, 1.165) is 0 Å². The Kier molecular flexibility index (Phi) is 5.93. The van der Waals surface area contributed by atoms with E-state index in [1.54, 1.807) is 39.0 Å². The smallest absolute Gasteiger partial charge is 0.331 e. The monoisotopic (exact) mass is 399 g/mol. The molecule has 1 aromatic heterocycles. The SMILES string of the molecule is CC(C)(C)OC(=O)/C=C/c1c(Cl)nc(N)nc1-c1ccc(Cl)cc1Cl. The normalized spacial score (nSPS) is 11.8. The van der Waals surface area contributed by atoms with E-state index in [9.17, 15) is 4.79 Å². The molecule has 25 heavy (non-hydrogen) atoms. The summed E-state index contributed by atoms with van der Waals surface area (Å²) < 4.78 is 5.23. The van der Waals surface area contributed by atoms with Crippen LogP contribution in [0.3, 0.4) is 0 Å². The average Bonchev–Trinajstić information content (AvgIpc) is 2.43. The molecular weight excluding hydrogens is 385 g/mol. The minimum atomic E-state index is -0.606. The molecule has 0 atom stereocenters. The molecule has 132 valence electrons. The number of carbonyl (C=O) groups is 1. The van der Waals surface area contributed by atoms with Crippen LogP contribution in [0, 0.1) is 0 Å². The summed E-state index contributed by atoms with van der Waals surface area (Å²) >= 11 is 18.4. The second-order valence-corrected chi connectivity index (χ2v) is 7.33. The number of ether oxygens (including phenoxy) is 1. The van der Waals surface area contributed by atoms with E-state index < -0.39 is 11.6 Å². The van der Waals surface area contributed by atoms with Crippen LogP contribution in [0.2, 0.25) is 15.2 Å². The molecule has 0 amide bonds. The number of hydrogen-bond donors (Lipinski definition) is 1. The molecule has 0 bridgehead atoms. The summed E-state index contributed by atoms with van der Waals surface area (Å²) in [5.74, 6) is -0.533. The molecule has 0 aliphatic rings. The van der Waals surface area contributed by atoms with Gasteiger partial charge in [-0.05, 0) is 45.0 Å². The van der Waals surface area contributed by atoms with E-state index in [-0.39, 0.29) is 11.1 Å². The Bertz CT molecular complexity index is 846. The van der Waals surface area contributed by atoms with Gasteiger partial charge in [-0.15, -0.1) is 0 Å². The number of aromatic nitrogens is 2. The first-order valence-electron chi connectivity index (χ1n) is 7.26. The van der Waals surface area contributed by atoms with E-state index >= 15 is 0 Å². The first kappa shape index (κ1) is 19.5. The number of esters is 1. The number of nitrogens with zero attached hydrogens (tertiary/aromatic N) is 2. The van der Waals surface area contributed by atoms with Crippen LogP contribution in [0.5, 0.6) is 0 Å². The molecule has 0 aliphatic carbocycles. The van der Waals surface area contributed by atoms with Crippen LogP contribution in [0.25, 0.3) is 17.3 Å². The highest BCUT2D eigenvalue weighted by Crippen LogP contribution is 2.34. The third-order valence-corrected chi connectivity index (χ3v) is 3.73. The second-order valence-electron chi connectivity index (χ2n) is 6.13. The lowest BCUT2D eigenvalue weighted by Crippen LogP contribution is -2.22. The van der Waals surface area contributed by atoms with Gasteiger partial charge in [0.2, 0.25) is 5.95 Å². The minimum Gasteiger partial charge on any atom is -0.457 e. The highest BCUT2D eigenvalue weighted by molar-refractivity contribution is 6.36. The highest BCUT2D eigenvalue weighted by Gasteiger charge is 2.17. The van der Waals surface area contributed by atoms with Gasteiger partial charge in [-0.3, -0.25) is 0 Å². The standard InChI is InChI=1S/C17H16Cl3N3O2/c1-17(2,3)25-13(24)7-6-11-14(22-16(21)23-15(11)20)10-5-4-9(18)8-12(10)19/h4-8H,1-3H3,(H2,21,22,23)/b7-6+. The Morgan fingerprint density at radius 2 is 1.88 bits per heavy atom. The van der Waals surface area contributed by atoms with Crippen molar-refractivity contribution in [2.45, 2.75) is 26.4 Å². The van der Waals surface area contributed by atoms with Crippen LogP contribution >= 0.6 is 34.8 Å². The Hall–Kier alpha value is -1.82. The van der Waals surface area contributed by atoms with Crippen molar-refractivity contribution in [1.29, 1.82) is 0 Å². The largest absolute Gasteiger partial charge is 0.457 e. The van der Waals surface area contributed by atoms with Crippen LogP contribution < -0.4 is 5.73 Å². The zero-order valence-corrected chi connectivity index (χ0v) is 16.1. The van der Waals surface area contributed by atoms with Gasteiger partial charge >= 0.3 is 5.97 Å². The maximum Gasteiger partial charge on any atom is 0.331 e. The highest BCUT2D eigenvalue weighted by atomic mass is 35.5. The van der Waals surface area contributed by atoms with Crippen LogP contribution in [0.4, 0.5) is 5.95 Å². The van der Waals surface area contributed by atoms with Crippen molar-refractivity contribution >= 4 is 52.8 Å². The summed E-state index contributed by atoms with van der Waals surface area (Å²) in [7, 11) is 0. The summed E-state index contributed by atoms with van der Waals surface area (Å²) in [6.07, 6.45) is 2.72. The predicted molar refractivity (Wildman–Crippen MR) is 102 cm³/mol. The summed E-state index contributed by atoms with van der Waals surface area (Å²) in [5, 5.41) is 0.939. The number of hydrogen-bond acceptors (Lipinski definition) is 5. The molecule has 8 heteroatoms. The van der Waals surface area contributed by atoms with Gasteiger partial charge in [0.25, 0.3) is 0 Å². The first-order valence-corrected chi connectivity index (χ1v) is 8.40. The zero-order chi connectivity index (χ0) is 18.8. The van der Waals surface area contributed by atoms with E-state index in [1.807, 2.05) is 0 Å². The van der Waals surface area contributed by atoms with Gasteiger partial charge in [0, 0.05) is 22.2 Å². The molecule has 0 radical (unpaired) electrons. The molecule has 0 spiro atoms. The molecule has 1 heterocycles. The summed E-state index contributed by atoms with van der Waals surface area (Å²) in [6.45, 7) is 5.32. The Morgan fingerprint density at radius 1 is 1.20 bits per heavy atom. The van der Waals surface area contributed by atoms with Crippen LogP contribution in [-0.4, -0.2) is 21.5 Å². The molecule has 0 saturated heterocycles. The Morgan fingerprint density at radius 3 is 2.48 bits per heavy atom. The minimum absolute atomic E-state index is 0.0135. The number of halogens is 3. The van der Waals surface area contributed by atoms with Crippen LogP contribution in [-0.2, 0) is 9.53 Å². The fourth-order valence-corrected chi connectivity index (χ4v) is 2.72. The van der Waals surface area contributed by atoms with Crippen molar-refractivity contribution in [1.82, 2.24) is 9.97 Å². The average molecular weight is 401 g/mol. The molecule has 0 aliphatic heterocycles. The summed E-state index contributed by atoms with van der Waals surface area (Å²) in [4.78, 5) is 20.0. The van der Waals surface area contributed by atoms with E-state index in [2.05, 4.69) is 9.97 Å². The zero-order valence-electron chi connectivity index (χ0n) is 13.8. The molecule has 2 rings (SSSR count). The van der Waals surface area contributed by atoms with Gasteiger partial charge in [-0.2, -0.15) is 0 Å². The molecule has 0 fully saturated rings. The predicted octanol–water partition coefficient (Wildman–Crippen LogP) is 5.04. The lowest BCUT2D eigenvalue weighted by atomic mass is 10.1. The fourth-order valence-electron chi connectivity index (χ4n) is 1.98. The van der Waals surface area contributed by atoms with Crippen molar-refractivity contribution in [3.8, 4) is 11.3 Å². The lowest BCUT2D eigenvalue weighted by Gasteiger charge is -2.18. The first-order chi connectivity index (χ1) is 11.6. The van der Waals surface area contributed by atoms with Gasteiger partial charge in [0.15, 0.2) is 0 Å². The second kappa shape index (κ2) is 7.60. The summed E-state index contributed by atoms with van der Waals surface area (Å²) in [6, 6.07) is 4.93. The third-order valence-electron chi connectivity index (χ3n) is 2.90. The fraction of sp³-hybridized carbons (Fsp3) is 0.235. The van der Waals surface area contributed by atoms with Gasteiger partial charge in [0.1, 0.15) is 10.8 Å². The molecule has 0 unspecified atom stereocenters. The van der Waals surface area contributed by atoms with Gasteiger partial charge in [0.05, 0.1) is 10.7 Å². The Labute approximate surface area is 160 Å². The number of nitrogen functional groups attached to an aromatic ring is 1. The third kappa shape index (κ3) is 5.33. The Balaban J connectivity index is 2.50. The van der Waals surface area contributed by atoms with Crippen molar-refractivity contribution in [3.05, 3.63) is 45.0 Å². The van der Waals surface area contributed by atoms with Crippen molar-refractivity contribution in [2.24, 2.45) is 0 Å². The molecular formula is C17H16Cl3N3O2. The van der Waals surface area contributed by atoms with Gasteiger partial charge in [-0.25, -0.2) is 14.8 Å². The van der Waals surface area contributed by atoms with Gasteiger partial charge in [-0.1, -0.05) is 34.8 Å². The quantitative estimate of drug-likeness (QED) is 0.443. The molecule has 2 aromatic rings. The maximum absolute atomic E-state index is 11.9. The molecule has 1 aromatic carbocycles. The molecule has 5 nitrogen and oxygen atoms in total. The lowest BCUT2D eigenvalue weighted by molar-refractivity contribution is -0.148.